The third-order valence-corrected chi connectivity index (χ3v) is 9.58. The number of carboxylic acids is 2. The summed E-state index contributed by atoms with van der Waals surface area (Å²) in [4.78, 5) is 22.7. The smallest absolute Gasteiger partial charge is 0.325 e. The maximum Gasteiger partial charge on any atom is 0.325 e. The van der Waals surface area contributed by atoms with Gasteiger partial charge in [-0.15, -0.1) is 0 Å². The minimum atomic E-state index is -4.00. The lowest BCUT2D eigenvalue weighted by molar-refractivity contribution is -0.141. The van der Waals surface area contributed by atoms with Crippen molar-refractivity contribution >= 4 is 33.6 Å². The van der Waals surface area contributed by atoms with Gasteiger partial charge < -0.3 is 28.4 Å². The highest BCUT2D eigenvalue weighted by molar-refractivity contribution is 7.89. The summed E-state index contributed by atoms with van der Waals surface area (Å²) < 4.78 is 28.2. The molecule has 2 fully saturated rings. The molecule has 8 nitrogen and oxygen atoms in total. The molecular formula is C32H29Cl2N2O6S-. The van der Waals surface area contributed by atoms with Crippen molar-refractivity contribution in [3.63, 3.8) is 0 Å². The predicted molar refractivity (Wildman–Crippen MR) is 160 cm³/mol. The maximum atomic E-state index is 12.9. The minimum absolute atomic E-state index is 0. The third kappa shape index (κ3) is 6.76. The first-order valence-electron chi connectivity index (χ1n) is 13.2. The molecule has 2 saturated carbocycles. The molecule has 4 aromatic carbocycles. The summed E-state index contributed by atoms with van der Waals surface area (Å²) in [7, 11) is -4.00. The molecule has 4 aromatic rings. The second-order valence-electron chi connectivity index (χ2n) is 10.6. The van der Waals surface area contributed by atoms with Gasteiger partial charge in [0.2, 0.25) is 10.0 Å². The van der Waals surface area contributed by atoms with Gasteiger partial charge in [-0.1, -0.05) is 96.5 Å². The Morgan fingerprint density at radius 3 is 1.63 bits per heavy atom. The van der Waals surface area contributed by atoms with E-state index in [0.29, 0.717) is 11.4 Å². The van der Waals surface area contributed by atoms with Crippen LogP contribution in [-0.2, 0) is 19.6 Å². The number of hydrogen-bond acceptors (Lipinski definition) is 5. The van der Waals surface area contributed by atoms with Crippen LogP contribution in [0.1, 0.15) is 35.8 Å². The number of carbonyl (C=O) groups is 2. The van der Waals surface area contributed by atoms with Crippen molar-refractivity contribution < 1.29 is 40.6 Å². The van der Waals surface area contributed by atoms with Crippen LogP contribution < -0.4 is 22.9 Å². The van der Waals surface area contributed by atoms with E-state index in [1.165, 1.54) is 12.1 Å². The van der Waals surface area contributed by atoms with Gasteiger partial charge in [0.05, 0.1) is 4.90 Å². The van der Waals surface area contributed by atoms with Crippen molar-refractivity contribution in [2.75, 3.05) is 0 Å². The first-order valence-corrected chi connectivity index (χ1v) is 15.1. The van der Waals surface area contributed by atoms with Gasteiger partial charge in [-0.2, -0.15) is 4.72 Å². The Hall–Kier alpha value is -3.73. The second kappa shape index (κ2) is 12.5. The van der Waals surface area contributed by atoms with Crippen LogP contribution in [0.3, 0.4) is 0 Å². The molecule has 4 atom stereocenters. The molecule has 0 heterocycles. The molecule has 2 aliphatic rings. The highest BCUT2D eigenvalue weighted by Gasteiger charge is 2.63. The number of carboxylic acid groups (broad SMARTS) is 2. The molecule has 0 saturated heterocycles. The number of nitrogens with two attached hydrogens (primary N) is 1. The molecule has 0 spiro atoms. The van der Waals surface area contributed by atoms with Gasteiger partial charge in [0.15, 0.2) is 0 Å². The van der Waals surface area contributed by atoms with Crippen molar-refractivity contribution in [3.05, 3.63) is 125 Å². The molecule has 224 valence electrons. The van der Waals surface area contributed by atoms with Crippen molar-refractivity contribution in [1.29, 1.82) is 0 Å². The average Bonchev–Trinajstić information content (AvgIpc) is 3.90. The number of rotatable bonds is 8. The Morgan fingerprint density at radius 1 is 0.721 bits per heavy atom. The number of aliphatic carboxylic acids is 2. The van der Waals surface area contributed by atoms with Crippen LogP contribution in [0.2, 0.25) is 5.02 Å². The fraction of sp³-hybridized carbons (Fsp3) is 0.188. The van der Waals surface area contributed by atoms with Gasteiger partial charge in [0.25, 0.3) is 0 Å². The lowest BCUT2D eigenvalue weighted by Crippen LogP contribution is -3.00. The van der Waals surface area contributed by atoms with Crippen LogP contribution in [0.25, 0.3) is 11.1 Å². The molecule has 0 bridgehead atoms. The van der Waals surface area contributed by atoms with Gasteiger partial charge in [-0.05, 0) is 59.4 Å². The molecule has 0 amide bonds. The van der Waals surface area contributed by atoms with E-state index < -0.39 is 39.0 Å². The van der Waals surface area contributed by atoms with Gasteiger partial charge in [-0.25, -0.2) is 8.42 Å². The summed E-state index contributed by atoms with van der Waals surface area (Å²) in [6, 6.07) is 32.2. The quantitative estimate of drug-likeness (QED) is 0.231. The SMILES string of the molecule is N[C@@]1(C(=O)O)C[C@@H]1c1ccccc1.O=C(O)[C@]1(NS(=O)(=O)c2ccc(-c3ccc(Cl)cc3)cc2)C[C@@H]1c1ccccc1.[Cl-]. The molecule has 0 unspecified atom stereocenters. The van der Waals surface area contributed by atoms with E-state index in [9.17, 15) is 23.1 Å². The fourth-order valence-electron chi connectivity index (χ4n) is 5.13. The van der Waals surface area contributed by atoms with Crippen LogP contribution in [-0.4, -0.2) is 41.6 Å². The third-order valence-electron chi connectivity index (χ3n) is 7.81. The van der Waals surface area contributed by atoms with E-state index in [0.717, 1.165) is 22.3 Å². The molecule has 0 radical (unpaired) electrons. The summed E-state index contributed by atoms with van der Waals surface area (Å²) >= 11 is 5.90. The largest absolute Gasteiger partial charge is 1.00 e. The average molecular weight is 641 g/mol. The molecule has 0 aromatic heterocycles. The van der Waals surface area contributed by atoms with Crippen LogP contribution in [0.5, 0.6) is 0 Å². The Labute approximate surface area is 261 Å². The monoisotopic (exact) mass is 639 g/mol. The lowest BCUT2D eigenvalue weighted by atomic mass is 10.1. The van der Waals surface area contributed by atoms with Crippen molar-refractivity contribution in [1.82, 2.24) is 4.72 Å². The highest BCUT2D eigenvalue weighted by Crippen LogP contribution is 2.52. The Balaban J connectivity index is 0.000000253. The van der Waals surface area contributed by atoms with Crippen LogP contribution in [0.4, 0.5) is 0 Å². The zero-order valence-corrected chi connectivity index (χ0v) is 25.1. The lowest BCUT2D eigenvalue weighted by Gasteiger charge is -2.16. The summed E-state index contributed by atoms with van der Waals surface area (Å²) in [5.41, 5.74) is 6.69. The first-order chi connectivity index (χ1) is 20.0. The van der Waals surface area contributed by atoms with Crippen LogP contribution in [0, 0.1) is 0 Å². The maximum absolute atomic E-state index is 12.9. The Morgan fingerprint density at radius 2 is 1.19 bits per heavy atom. The van der Waals surface area contributed by atoms with Crippen molar-refractivity contribution in [2.24, 2.45) is 5.73 Å². The van der Waals surface area contributed by atoms with E-state index >= 15 is 0 Å². The minimum Gasteiger partial charge on any atom is -1.00 e. The van der Waals surface area contributed by atoms with Gasteiger partial charge in [0, 0.05) is 16.9 Å². The number of halogens is 2. The Bertz CT molecular complexity index is 1700. The summed E-state index contributed by atoms with van der Waals surface area (Å²) in [5, 5.41) is 19.2. The van der Waals surface area contributed by atoms with E-state index in [2.05, 4.69) is 4.72 Å². The van der Waals surface area contributed by atoms with Gasteiger partial charge >= 0.3 is 11.9 Å². The number of benzene rings is 4. The van der Waals surface area contributed by atoms with Crippen molar-refractivity contribution in [3.8, 4) is 11.1 Å². The molecule has 6 rings (SSSR count). The number of sulfonamides is 1. The standard InChI is InChI=1S/C22H18ClNO4S.C10H11NO2.ClH/c23-18-10-6-15(7-11-18)16-8-12-19(13-9-16)29(27,28)24-22(21(25)26)14-20(22)17-4-2-1-3-5-17;11-10(9(12)13)6-8(10)7-4-2-1-3-5-7;/h1-13,20,24H,14H2,(H,25,26);1-5,8H,6,11H2,(H,12,13);1H/p-1/t20-,22+;8-,10+;/m11./s1. The Kier molecular flexibility index (Phi) is 9.34. The highest BCUT2D eigenvalue weighted by atomic mass is 35.5. The van der Waals surface area contributed by atoms with Crippen molar-refractivity contribution in [2.45, 2.75) is 40.7 Å². The van der Waals surface area contributed by atoms with E-state index in [4.69, 9.17) is 22.4 Å². The van der Waals surface area contributed by atoms with Gasteiger partial charge in [-0.3, -0.25) is 9.59 Å². The van der Waals surface area contributed by atoms with E-state index in [1.54, 1.807) is 24.3 Å². The second-order valence-corrected chi connectivity index (χ2v) is 12.7. The summed E-state index contributed by atoms with van der Waals surface area (Å²) in [6.07, 6.45) is 0.765. The summed E-state index contributed by atoms with van der Waals surface area (Å²) in [6.45, 7) is 0. The topological polar surface area (TPSA) is 147 Å². The normalized spacial score (nSPS) is 23.6. The number of hydrogen-bond donors (Lipinski definition) is 4. The van der Waals surface area contributed by atoms with Crippen LogP contribution >= 0.6 is 11.6 Å². The zero-order valence-electron chi connectivity index (χ0n) is 22.7. The molecular weight excluding hydrogens is 611 g/mol. The molecule has 11 heteroatoms. The molecule has 5 N–H and O–H groups in total. The van der Waals surface area contributed by atoms with Gasteiger partial charge in [0.1, 0.15) is 11.1 Å². The first kappa shape index (κ1) is 32.2. The number of nitrogens with one attached hydrogen (secondary N) is 1. The van der Waals surface area contributed by atoms with Crippen LogP contribution in [0.15, 0.2) is 114 Å². The van der Waals surface area contributed by atoms with E-state index in [1.807, 2.05) is 72.8 Å². The zero-order chi connectivity index (χ0) is 30.1. The molecule has 2 aliphatic carbocycles. The van der Waals surface area contributed by atoms with E-state index in [-0.39, 0.29) is 29.6 Å². The molecule has 0 aliphatic heterocycles. The molecule has 43 heavy (non-hydrogen) atoms. The fourth-order valence-corrected chi connectivity index (χ4v) is 6.66. The summed E-state index contributed by atoms with van der Waals surface area (Å²) in [5.74, 6) is -2.48. The predicted octanol–water partition coefficient (Wildman–Crippen LogP) is 2.26.